The Morgan fingerprint density at radius 2 is 1.86 bits per heavy atom. The Hall–Kier alpha value is -0.898. The number of hydrogen-bond donors (Lipinski definition) is 2. The molecule has 6 nitrogen and oxygen atoms in total. The molecule has 1 aromatic rings. The van der Waals surface area contributed by atoms with E-state index >= 15 is 0 Å². The molecule has 0 radical (unpaired) electrons. The number of rotatable bonds is 2. The maximum atomic E-state index is 9.43. The molecule has 0 atom stereocenters. The first kappa shape index (κ1) is 15.6. The van der Waals surface area contributed by atoms with Crippen molar-refractivity contribution in [3.05, 3.63) is 18.4 Å². The van der Waals surface area contributed by atoms with Gasteiger partial charge in [0.2, 0.25) is 0 Å². The van der Waals surface area contributed by atoms with E-state index in [4.69, 9.17) is 14.6 Å². The van der Waals surface area contributed by atoms with Crippen molar-refractivity contribution in [2.45, 2.75) is 6.42 Å². The van der Waals surface area contributed by atoms with Crippen LogP contribution in [0.3, 0.4) is 0 Å². The number of furan rings is 1. The Labute approximate surface area is 95.5 Å². The number of aliphatic carboxylic acids is 2. The third kappa shape index (κ3) is 11.1. The van der Waals surface area contributed by atoms with Gasteiger partial charge in [0.15, 0.2) is 0 Å². The molecule has 0 aromatic carbocycles. The van der Waals surface area contributed by atoms with Crippen LogP contribution in [-0.4, -0.2) is 27.6 Å². The van der Waals surface area contributed by atoms with E-state index in [1.165, 1.54) is 0 Å². The summed E-state index contributed by atoms with van der Waals surface area (Å²) in [5.74, 6) is -2.62. The molecule has 1 rings (SSSR count). The zero-order chi connectivity index (χ0) is 10.3. The van der Waals surface area contributed by atoms with E-state index in [9.17, 15) is 9.59 Å². The molecule has 75 valence electrons. The summed E-state index contributed by atoms with van der Waals surface area (Å²) in [6.45, 7) is 0. The van der Waals surface area contributed by atoms with Crippen molar-refractivity contribution in [1.29, 1.82) is 0 Å². The van der Waals surface area contributed by atoms with Crippen molar-refractivity contribution in [3.63, 3.8) is 0 Å². The van der Waals surface area contributed by atoms with Crippen molar-refractivity contribution in [3.8, 4) is 0 Å². The van der Waals surface area contributed by atoms with Crippen LogP contribution in [0.4, 0.5) is 0 Å². The van der Waals surface area contributed by atoms with Gasteiger partial charge in [-0.05, 0) is 0 Å². The SMILES string of the molecule is O.O=C(O)CC(=O)O.[Cd][c]1ccco1. The molecule has 4 N–H and O–H groups in total. The molecule has 0 aliphatic heterocycles. The predicted molar refractivity (Wildman–Crippen MR) is 41.8 cm³/mol. The molecule has 0 fully saturated rings. The van der Waals surface area contributed by atoms with Gasteiger partial charge in [-0.1, -0.05) is 0 Å². The van der Waals surface area contributed by atoms with Gasteiger partial charge in [0.1, 0.15) is 6.42 Å². The maximum absolute atomic E-state index is 9.43. The molecule has 0 aliphatic carbocycles. The third-order valence-corrected chi connectivity index (χ3v) is 2.03. The summed E-state index contributed by atoms with van der Waals surface area (Å²) in [7, 11) is 0. The van der Waals surface area contributed by atoms with Gasteiger partial charge in [-0.15, -0.1) is 0 Å². The van der Waals surface area contributed by atoms with E-state index in [0.29, 0.717) is 0 Å². The molecule has 0 spiro atoms. The average molecular weight is 302 g/mol. The Kier molecular flexibility index (Phi) is 9.66. The van der Waals surface area contributed by atoms with E-state index in [2.05, 4.69) is 0 Å². The van der Waals surface area contributed by atoms with Crippen molar-refractivity contribution in [2.24, 2.45) is 0 Å². The fourth-order valence-corrected chi connectivity index (χ4v) is 1.10. The van der Waals surface area contributed by atoms with E-state index in [0.717, 1.165) is 29.1 Å². The van der Waals surface area contributed by atoms with E-state index in [1.807, 2.05) is 12.1 Å². The number of carboxylic acids is 2. The Balaban J connectivity index is 0. The van der Waals surface area contributed by atoms with Gasteiger partial charge in [0.05, 0.1) is 0 Å². The van der Waals surface area contributed by atoms with Crippen LogP contribution < -0.4 is 3.32 Å². The first-order valence-electron chi connectivity index (χ1n) is 3.31. The molecular weight excluding hydrogens is 292 g/mol. The van der Waals surface area contributed by atoms with Crippen molar-refractivity contribution in [2.75, 3.05) is 0 Å². The standard InChI is InChI=1S/C4H3O.C3H4O4.Cd.H2O/c1-2-4-5-3-1;4-2(5)1-3(6)7;;/h1-3H;1H2,(H,4,5)(H,6,7);;1H2. The molecule has 0 saturated heterocycles. The summed E-state index contributed by atoms with van der Waals surface area (Å²) in [4.78, 5) is 18.9. The molecule has 0 unspecified atom stereocenters. The Morgan fingerprint density at radius 3 is 1.93 bits per heavy atom. The van der Waals surface area contributed by atoms with Gasteiger partial charge in [-0.25, -0.2) is 0 Å². The molecule has 0 saturated carbocycles. The summed E-state index contributed by atoms with van der Waals surface area (Å²) < 4.78 is 6.05. The van der Waals surface area contributed by atoms with E-state index < -0.39 is 18.4 Å². The third-order valence-electron chi connectivity index (χ3n) is 0.883. The van der Waals surface area contributed by atoms with Gasteiger partial charge in [-0.3, -0.25) is 9.59 Å². The van der Waals surface area contributed by atoms with E-state index in [1.54, 1.807) is 6.26 Å². The van der Waals surface area contributed by atoms with Crippen molar-refractivity contribution in [1.82, 2.24) is 0 Å². The normalized spacial score (nSPS) is 7.86. The van der Waals surface area contributed by atoms with Crippen LogP contribution in [0.2, 0.25) is 0 Å². The Bertz CT molecular complexity index is 256. The quantitative estimate of drug-likeness (QED) is 0.546. The minimum absolute atomic E-state index is 0. The molecule has 1 heterocycles. The summed E-state index contributed by atoms with van der Waals surface area (Å²) in [5.41, 5.74) is 0. The topological polar surface area (TPSA) is 119 Å². The van der Waals surface area contributed by atoms with Gasteiger partial charge in [0.25, 0.3) is 0 Å². The molecular formula is C7H9CdO6. The van der Waals surface area contributed by atoms with Gasteiger partial charge >= 0.3 is 63.8 Å². The number of carbonyl (C=O) groups is 2. The summed E-state index contributed by atoms with van der Waals surface area (Å²) >= 11 is 0.831. The molecule has 0 bridgehead atoms. The second-order valence-corrected chi connectivity index (χ2v) is 4.03. The summed E-state index contributed by atoms with van der Waals surface area (Å²) in [6, 6.07) is 3.91. The number of hydrogen-bond acceptors (Lipinski definition) is 3. The monoisotopic (exact) mass is 303 g/mol. The van der Waals surface area contributed by atoms with E-state index in [-0.39, 0.29) is 5.48 Å². The van der Waals surface area contributed by atoms with Crippen LogP contribution in [-0.2, 0) is 35.4 Å². The zero-order valence-corrected chi connectivity index (χ0v) is 11.3. The van der Waals surface area contributed by atoms with Gasteiger partial charge in [-0.2, -0.15) is 0 Å². The van der Waals surface area contributed by atoms with Crippen molar-refractivity contribution < 1.29 is 55.5 Å². The second-order valence-electron chi connectivity index (χ2n) is 2.04. The second kappa shape index (κ2) is 8.69. The Morgan fingerprint density at radius 1 is 1.36 bits per heavy atom. The molecule has 0 amide bonds. The molecule has 0 aliphatic rings. The van der Waals surface area contributed by atoms with Crippen LogP contribution in [0, 0.1) is 0 Å². The minimum atomic E-state index is -1.31. The fourth-order valence-electron chi connectivity index (χ4n) is 0.442. The first-order valence-corrected chi connectivity index (χ1v) is 5.33. The van der Waals surface area contributed by atoms with Crippen LogP contribution in [0.25, 0.3) is 0 Å². The van der Waals surface area contributed by atoms with Crippen molar-refractivity contribution >= 4 is 15.3 Å². The zero-order valence-electron chi connectivity index (χ0n) is 7.27. The molecule has 1 aromatic heterocycles. The number of carboxylic acid groups (broad SMARTS) is 2. The first-order chi connectivity index (χ1) is 6.02. The van der Waals surface area contributed by atoms with Crippen LogP contribution in [0.15, 0.2) is 22.8 Å². The predicted octanol–water partition coefficient (Wildman–Crippen LogP) is -0.827. The summed E-state index contributed by atoms with van der Waals surface area (Å²) in [6.07, 6.45) is 0.899. The van der Waals surface area contributed by atoms with Gasteiger partial charge in [0, 0.05) is 0 Å². The average Bonchev–Trinajstić information content (AvgIpc) is 2.37. The van der Waals surface area contributed by atoms with Gasteiger partial charge < -0.3 is 15.7 Å². The molecule has 7 heteroatoms. The van der Waals surface area contributed by atoms with Crippen LogP contribution in [0.1, 0.15) is 6.42 Å². The van der Waals surface area contributed by atoms with Crippen LogP contribution in [0.5, 0.6) is 0 Å². The molecule has 14 heavy (non-hydrogen) atoms. The fraction of sp³-hybridized carbons (Fsp3) is 0.143. The summed E-state index contributed by atoms with van der Waals surface area (Å²) in [5, 5.41) is 15.4. The van der Waals surface area contributed by atoms with Crippen LogP contribution >= 0.6 is 0 Å².